The van der Waals surface area contributed by atoms with Crippen LogP contribution >= 0.6 is 0 Å². The Labute approximate surface area is 138 Å². The molecule has 0 spiro atoms. The van der Waals surface area contributed by atoms with Crippen LogP contribution in [0.1, 0.15) is 36.5 Å². The second-order valence-corrected chi connectivity index (χ2v) is 8.77. The molecule has 2 rings (SSSR count). The van der Waals surface area contributed by atoms with Crippen molar-refractivity contribution in [1.82, 2.24) is 14.7 Å². The first-order valence-corrected chi connectivity index (χ1v) is 9.71. The molecule has 2 heterocycles. The summed E-state index contributed by atoms with van der Waals surface area (Å²) in [5.41, 5.74) is 1.37. The third kappa shape index (κ3) is 4.22. The Kier molecular flexibility index (Phi) is 5.29. The Hall–Kier alpha value is -1.63. The molecule has 1 saturated heterocycles. The minimum atomic E-state index is -3.05. The molecule has 1 amide bonds. The molecular formula is C16H25N3O3S. The van der Waals surface area contributed by atoms with Crippen LogP contribution in [-0.2, 0) is 23.3 Å². The topological polar surface area (TPSA) is 72.3 Å². The van der Waals surface area contributed by atoms with Crippen molar-refractivity contribution in [2.45, 2.75) is 32.7 Å². The average Bonchev–Trinajstić information content (AvgIpc) is 2.97. The SMILES string of the molecule is C=CCN(C(=O)c1cc(CC(C)C)nn1C)[C@@H]1CCS(=O)(=O)C1. The van der Waals surface area contributed by atoms with E-state index in [0.29, 0.717) is 24.6 Å². The number of amides is 1. The quantitative estimate of drug-likeness (QED) is 0.735. The summed E-state index contributed by atoms with van der Waals surface area (Å²) in [7, 11) is -1.30. The zero-order valence-electron chi connectivity index (χ0n) is 14.0. The Bertz CT molecular complexity index is 691. The number of nitrogens with zero attached hydrogens (tertiary/aromatic N) is 3. The van der Waals surface area contributed by atoms with E-state index in [1.54, 1.807) is 22.7 Å². The predicted molar refractivity (Wildman–Crippen MR) is 90.0 cm³/mol. The lowest BCUT2D eigenvalue weighted by Gasteiger charge is -2.26. The summed E-state index contributed by atoms with van der Waals surface area (Å²) in [5, 5.41) is 4.39. The second kappa shape index (κ2) is 6.86. The number of aryl methyl sites for hydroxylation is 1. The van der Waals surface area contributed by atoms with Gasteiger partial charge in [-0.2, -0.15) is 5.10 Å². The molecule has 1 aromatic heterocycles. The number of carbonyl (C=O) groups is 1. The number of hydrogen-bond acceptors (Lipinski definition) is 4. The predicted octanol–water partition coefficient (Wildman–Crippen LogP) is 1.43. The minimum absolute atomic E-state index is 0.0310. The molecule has 0 saturated carbocycles. The van der Waals surface area contributed by atoms with Gasteiger partial charge in [-0.15, -0.1) is 6.58 Å². The van der Waals surface area contributed by atoms with E-state index in [9.17, 15) is 13.2 Å². The third-order valence-corrected chi connectivity index (χ3v) is 5.75. The number of rotatable bonds is 6. The summed E-state index contributed by atoms with van der Waals surface area (Å²) < 4.78 is 25.0. The van der Waals surface area contributed by atoms with E-state index in [1.165, 1.54) is 0 Å². The molecule has 23 heavy (non-hydrogen) atoms. The van der Waals surface area contributed by atoms with E-state index in [1.807, 2.05) is 6.07 Å². The van der Waals surface area contributed by atoms with Gasteiger partial charge in [-0.3, -0.25) is 9.48 Å². The number of sulfone groups is 1. The number of hydrogen-bond donors (Lipinski definition) is 0. The van der Waals surface area contributed by atoms with E-state index in [-0.39, 0.29) is 23.5 Å². The van der Waals surface area contributed by atoms with Crippen molar-refractivity contribution in [3.8, 4) is 0 Å². The minimum Gasteiger partial charge on any atom is -0.330 e. The van der Waals surface area contributed by atoms with Crippen LogP contribution in [0.25, 0.3) is 0 Å². The van der Waals surface area contributed by atoms with Gasteiger partial charge < -0.3 is 4.90 Å². The highest BCUT2D eigenvalue weighted by Crippen LogP contribution is 2.20. The van der Waals surface area contributed by atoms with Crippen LogP contribution in [0.15, 0.2) is 18.7 Å². The molecular weight excluding hydrogens is 314 g/mol. The van der Waals surface area contributed by atoms with Crippen LogP contribution in [0.3, 0.4) is 0 Å². The zero-order chi connectivity index (χ0) is 17.2. The first kappa shape index (κ1) is 17.7. The van der Waals surface area contributed by atoms with Crippen molar-refractivity contribution in [1.29, 1.82) is 0 Å². The van der Waals surface area contributed by atoms with E-state index in [4.69, 9.17) is 0 Å². The molecule has 1 aliphatic rings. The molecule has 0 bridgehead atoms. The van der Waals surface area contributed by atoms with Gasteiger partial charge in [0.05, 0.1) is 17.2 Å². The largest absolute Gasteiger partial charge is 0.330 e. The summed E-state index contributed by atoms with van der Waals surface area (Å²) in [6.07, 6.45) is 2.92. The number of carbonyl (C=O) groups excluding carboxylic acids is 1. The summed E-state index contributed by atoms with van der Waals surface area (Å²) in [6, 6.07) is 1.52. The maximum Gasteiger partial charge on any atom is 0.272 e. The fraction of sp³-hybridized carbons (Fsp3) is 0.625. The first-order valence-electron chi connectivity index (χ1n) is 7.88. The van der Waals surface area contributed by atoms with Crippen LogP contribution in [-0.4, -0.2) is 53.1 Å². The third-order valence-electron chi connectivity index (χ3n) is 4.00. The van der Waals surface area contributed by atoms with Crippen LogP contribution in [0.5, 0.6) is 0 Å². The molecule has 7 heteroatoms. The molecule has 1 fully saturated rings. The van der Waals surface area contributed by atoms with Crippen LogP contribution < -0.4 is 0 Å². The highest BCUT2D eigenvalue weighted by Gasteiger charge is 2.35. The lowest BCUT2D eigenvalue weighted by molar-refractivity contribution is 0.0709. The summed E-state index contributed by atoms with van der Waals surface area (Å²) >= 11 is 0. The maximum atomic E-state index is 12.9. The molecule has 6 nitrogen and oxygen atoms in total. The highest BCUT2D eigenvalue weighted by molar-refractivity contribution is 7.91. The normalized spacial score (nSPS) is 19.9. The lowest BCUT2D eigenvalue weighted by Crippen LogP contribution is -2.42. The Morgan fingerprint density at radius 3 is 2.78 bits per heavy atom. The van der Waals surface area contributed by atoms with E-state index in [0.717, 1.165) is 12.1 Å². The maximum absolute atomic E-state index is 12.9. The van der Waals surface area contributed by atoms with Gasteiger partial charge >= 0.3 is 0 Å². The standard InChI is InChI=1S/C16H25N3O3S/c1-5-7-19(14-6-8-23(21,22)11-14)16(20)15-10-13(9-12(2)3)17-18(15)4/h5,10,12,14H,1,6-9,11H2,2-4H3/t14-/m1/s1. The van der Waals surface area contributed by atoms with Gasteiger partial charge in [-0.25, -0.2) is 8.42 Å². The van der Waals surface area contributed by atoms with Crippen molar-refractivity contribution in [2.24, 2.45) is 13.0 Å². The lowest BCUT2D eigenvalue weighted by atomic mass is 10.1. The molecule has 1 aromatic rings. The average molecular weight is 339 g/mol. The second-order valence-electron chi connectivity index (χ2n) is 6.55. The van der Waals surface area contributed by atoms with E-state index >= 15 is 0 Å². The molecule has 0 N–H and O–H groups in total. The Morgan fingerprint density at radius 2 is 2.26 bits per heavy atom. The zero-order valence-corrected chi connectivity index (χ0v) is 14.8. The monoisotopic (exact) mass is 339 g/mol. The Balaban J connectivity index is 2.24. The first-order chi connectivity index (χ1) is 10.7. The molecule has 0 radical (unpaired) electrons. The van der Waals surface area contributed by atoms with Gasteiger partial charge in [-0.05, 0) is 24.8 Å². The van der Waals surface area contributed by atoms with Crippen molar-refractivity contribution in [3.63, 3.8) is 0 Å². The smallest absolute Gasteiger partial charge is 0.272 e. The molecule has 0 aliphatic carbocycles. The summed E-state index contributed by atoms with van der Waals surface area (Å²) in [6.45, 7) is 8.22. The van der Waals surface area contributed by atoms with Gasteiger partial charge in [0.25, 0.3) is 5.91 Å². The number of aromatic nitrogens is 2. The van der Waals surface area contributed by atoms with Gasteiger partial charge in [0.1, 0.15) is 5.69 Å². The van der Waals surface area contributed by atoms with Crippen LogP contribution in [0.2, 0.25) is 0 Å². The molecule has 1 aliphatic heterocycles. The fourth-order valence-corrected chi connectivity index (χ4v) is 4.68. The summed E-state index contributed by atoms with van der Waals surface area (Å²) in [4.78, 5) is 14.5. The van der Waals surface area contributed by atoms with Gasteiger partial charge in [0, 0.05) is 19.6 Å². The van der Waals surface area contributed by atoms with Gasteiger partial charge in [-0.1, -0.05) is 19.9 Å². The highest BCUT2D eigenvalue weighted by atomic mass is 32.2. The van der Waals surface area contributed by atoms with Crippen molar-refractivity contribution < 1.29 is 13.2 Å². The summed E-state index contributed by atoms with van der Waals surface area (Å²) in [5.74, 6) is 0.445. The van der Waals surface area contributed by atoms with Crippen molar-refractivity contribution in [2.75, 3.05) is 18.1 Å². The van der Waals surface area contributed by atoms with Gasteiger partial charge in [0.2, 0.25) is 0 Å². The Morgan fingerprint density at radius 1 is 1.57 bits per heavy atom. The van der Waals surface area contributed by atoms with Crippen molar-refractivity contribution >= 4 is 15.7 Å². The van der Waals surface area contributed by atoms with Crippen LogP contribution in [0.4, 0.5) is 0 Å². The fourth-order valence-electron chi connectivity index (χ4n) is 2.95. The van der Waals surface area contributed by atoms with E-state index in [2.05, 4.69) is 25.5 Å². The van der Waals surface area contributed by atoms with Crippen molar-refractivity contribution in [3.05, 3.63) is 30.1 Å². The van der Waals surface area contributed by atoms with Crippen LogP contribution in [0, 0.1) is 5.92 Å². The molecule has 1 atom stereocenters. The molecule has 128 valence electrons. The molecule has 0 aromatic carbocycles. The molecule has 0 unspecified atom stereocenters. The van der Waals surface area contributed by atoms with Gasteiger partial charge in [0.15, 0.2) is 9.84 Å². The van der Waals surface area contributed by atoms with E-state index < -0.39 is 9.84 Å².